The minimum atomic E-state index is 0.710. The first kappa shape index (κ1) is 11.6. The van der Waals surface area contributed by atoms with Crippen LogP contribution >= 0.6 is 0 Å². The molecule has 16 heavy (non-hydrogen) atoms. The molecule has 1 fully saturated rings. The first-order valence-electron chi connectivity index (χ1n) is 6.48. The molecule has 0 unspecified atom stereocenters. The number of hydrogen-bond donors (Lipinski definition) is 1. The Balaban J connectivity index is 2.06. The van der Waals surface area contributed by atoms with Crippen LogP contribution in [-0.4, -0.2) is 23.1 Å². The van der Waals surface area contributed by atoms with Crippen LogP contribution in [0.3, 0.4) is 0 Å². The Morgan fingerprint density at radius 2 is 2.12 bits per heavy atom. The predicted molar refractivity (Wildman–Crippen MR) is 66.7 cm³/mol. The lowest BCUT2D eigenvalue weighted by atomic mass is 9.89. The van der Waals surface area contributed by atoms with Crippen LogP contribution < -0.4 is 5.32 Å². The van der Waals surface area contributed by atoms with Crippen LogP contribution in [0, 0.1) is 0 Å². The fourth-order valence-corrected chi connectivity index (χ4v) is 2.69. The van der Waals surface area contributed by atoms with E-state index in [0.29, 0.717) is 5.92 Å². The molecule has 2 rings (SSSR count). The molecule has 3 heteroatoms. The van der Waals surface area contributed by atoms with Crippen molar-refractivity contribution in [2.24, 2.45) is 7.05 Å². The third-order valence-corrected chi connectivity index (χ3v) is 3.72. The Kier molecular flexibility index (Phi) is 3.99. The van der Waals surface area contributed by atoms with Crippen LogP contribution in [0.15, 0.2) is 6.20 Å². The van der Waals surface area contributed by atoms with Crippen LogP contribution in [0.2, 0.25) is 0 Å². The van der Waals surface area contributed by atoms with Gasteiger partial charge in [-0.25, -0.2) is 4.98 Å². The summed E-state index contributed by atoms with van der Waals surface area (Å²) in [6.45, 7) is 1.03. The number of imidazole rings is 1. The van der Waals surface area contributed by atoms with Crippen molar-refractivity contribution >= 4 is 0 Å². The maximum absolute atomic E-state index is 4.63. The van der Waals surface area contributed by atoms with Gasteiger partial charge >= 0.3 is 0 Å². The van der Waals surface area contributed by atoms with E-state index < -0.39 is 0 Å². The van der Waals surface area contributed by atoms with Gasteiger partial charge in [-0.05, 0) is 19.9 Å². The Morgan fingerprint density at radius 3 is 2.81 bits per heavy atom. The Morgan fingerprint density at radius 1 is 1.38 bits per heavy atom. The molecule has 0 radical (unpaired) electrons. The van der Waals surface area contributed by atoms with Gasteiger partial charge in [-0.3, -0.25) is 0 Å². The quantitative estimate of drug-likeness (QED) is 0.845. The number of rotatable bonds is 4. The molecule has 0 spiro atoms. The molecule has 0 atom stereocenters. The van der Waals surface area contributed by atoms with Crippen molar-refractivity contribution in [1.82, 2.24) is 14.9 Å². The second kappa shape index (κ2) is 5.48. The van der Waals surface area contributed by atoms with Crippen LogP contribution in [0.1, 0.15) is 49.5 Å². The number of hydrogen-bond acceptors (Lipinski definition) is 2. The summed E-state index contributed by atoms with van der Waals surface area (Å²) in [5.41, 5.74) is 1.36. The summed E-state index contributed by atoms with van der Waals surface area (Å²) in [4.78, 5) is 4.63. The van der Waals surface area contributed by atoms with Gasteiger partial charge in [0.2, 0.25) is 0 Å². The van der Waals surface area contributed by atoms with Crippen LogP contribution in [0.25, 0.3) is 0 Å². The zero-order valence-electron chi connectivity index (χ0n) is 10.5. The lowest BCUT2D eigenvalue weighted by Gasteiger charge is -2.21. The SMILES string of the molecule is CNCCc1cnc(C2CCCCC2)n1C. The van der Waals surface area contributed by atoms with Gasteiger partial charge in [0.1, 0.15) is 5.82 Å². The second-order valence-electron chi connectivity index (χ2n) is 4.86. The zero-order chi connectivity index (χ0) is 11.4. The fraction of sp³-hybridized carbons (Fsp3) is 0.769. The number of likely N-dealkylation sites (N-methyl/N-ethyl adjacent to an activating group) is 1. The smallest absolute Gasteiger partial charge is 0.111 e. The van der Waals surface area contributed by atoms with E-state index in [0.717, 1.165) is 13.0 Å². The minimum Gasteiger partial charge on any atom is -0.335 e. The molecule has 0 amide bonds. The van der Waals surface area contributed by atoms with Crippen LogP contribution in [0.5, 0.6) is 0 Å². The molecular weight excluding hydrogens is 198 g/mol. The topological polar surface area (TPSA) is 29.9 Å². The van der Waals surface area contributed by atoms with E-state index in [1.807, 2.05) is 7.05 Å². The highest BCUT2D eigenvalue weighted by Gasteiger charge is 2.20. The van der Waals surface area contributed by atoms with Gasteiger partial charge in [0.25, 0.3) is 0 Å². The van der Waals surface area contributed by atoms with Crippen molar-refractivity contribution in [2.75, 3.05) is 13.6 Å². The fourth-order valence-electron chi connectivity index (χ4n) is 2.69. The standard InChI is InChI=1S/C13H23N3/c1-14-9-8-12-10-15-13(16(12)2)11-6-4-3-5-7-11/h10-11,14H,3-9H2,1-2H3. The normalized spacial score (nSPS) is 17.9. The molecule has 1 aliphatic carbocycles. The minimum absolute atomic E-state index is 0.710. The van der Waals surface area contributed by atoms with E-state index in [1.165, 1.54) is 43.6 Å². The summed E-state index contributed by atoms with van der Waals surface area (Å²) in [5.74, 6) is 2.02. The lowest BCUT2D eigenvalue weighted by Crippen LogP contribution is -2.14. The molecule has 0 bridgehead atoms. The molecule has 1 aromatic heterocycles. The average Bonchev–Trinajstić information content (AvgIpc) is 2.69. The number of nitrogens with zero attached hydrogens (tertiary/aromatic N) is 2. The van der Waals surface area contributed by atoms with E-state index in [-0.39, 0.29) is 0 Å². The Labute approximate surface area is 98.3 Å². The van der Waals surface area contributed by atoms with Crippen LogP contribution in [-0.2, 0) is 13.5 Å². The maximum atomic E-state index is 4.63. The summed E-state index contributed by atoms with van der Waals surface area (Å²) in [6, 6.07) is 0. The highest BCUT2D eigenvalue weighted by molar-refractivity contribution is 5.10. The lowest BCUT2D eigenvalue weighted by molar-refractivity contribution is 0.420. The Hall–Kier alpha value is -0.830. The molecule has 90 valence electrons. The first-order valence-corrected chi connectivity index (χ1v) is 6.48. The van der Waals surface area contributed by atoms with Gasteiger partial charge in [-0.2, -0.15) is 0 Å². The molecule has 0 saturated heterocycles. The van der Waals surface area contributed by atoms with Gasteiger partial charge < -0.3 is 9.88 Å². The average molecular weight is 221 g/mol. The van der Waals surface area contributed by atoms with Crippen molar-refractivity contribution in [2.45, 2.75) is 44.4 Å². The molecule has 0 aromatic carbocycles. The van der Waals surface area contributed by atoms with E-state index >= 15 is 0 Å². The van der Waals surface area contributed by atoms with Crippen molar-refractivity contribution < 1.29 is 0 Å². The monoisotopic (exact) mass is 221 g/mol. The first-order chi connectivity index (χ1) is 7.83. The summed E-state index contributed by atoms with van der Waals surface area (Å²) in [5, 5.41) is 3.19. The summed E-state index contributed by atoms with van der Waals surface area (Å²) < 4.78 is 2.31. The van der Waals surface area contributed by atoms with E-state index in [4.69, 9.17) is 0 Å². The maximum Gasteiger partial charge on any atom is 0.111 e. The number of aromatic nitrogens is 2. The highest BCUT2D eigenvalue weighted by Crippen LogP contribution is 2.31. The van der Waals surface area contributed by atoms with Crippen molar-refractivity contribution in [3.05, 3.63) is 17.7 Å². The Bertz CT molecular complexity index is 324. The van der Waals surface area contributed by atoms with Gasteiger partial charge in [0.15, 0.2) is 0 Å². The molecule has 1 saturated carbocycles. The van der Waals surface area contributed by atoms with Gasteiger partial charge in [0.05, 0.1) is 0 Å². The number of nitrogens with one attached hydrogen (secondary N) is 1. The summed E-state index contributed by atoms with van der Waals surface area (Å²) in [6.07, 6.45) is 9.96. The summed E-state index contributed by atoms with van der Waals surface area (Å²) in [7, 11) is 4.17. The van der Waals surface area contributed by atoms with Crippen molar-refractivity contribution in [3.63, 3.8) is 0 Å². The molecule has 0 aliphatic heterocycles. The largest absolute Gasteiger partial charge is 0.335 e. The highest BCUT2D eigenvalue weighted by atomic mass is 15.1. The van der Waals surface area contributed by atoms with E-state index in [1.54, 1.807) is 0 Å². The van der Waals surface area contributed by atoms with E-state index in [9.17, 15) is 0 Å². The van der Waals surface area contributed by atoms with Crippen molar-refractivity contribution in [3.8, 4) is 0 Å². The summed E-state index contributed by atoms with van der Waals surface area (Å²) >= 11 is 0. The third-order valence-electron chi connectivity index (χ3n) is 3.72. The van der Waals surface area contributed by atoms with Crippen LogP contribution in [0.4, 0.5) is 0 Å². The molecule has 1 N–H and O–H groups in total. The molecular formula is C13H23N3. The second-order valence-corrected chi connectivity index (χ2v) is 4.86. The van der Waals surface area contributed by atoms with Gasteiger partial charge in [0, 0.05) is 37.8 Å². The van der Waals surface area contributed by atoms with Crippen molar-refractivity contribution in [1.29, 1.82) is 0 Å². The molecule has 3 nitrogen and oxygen atoms in total. The predicted octanol–water partition coefficient (Wildman–Crippen LogP) is 2.23. The molecule has 1 heterocycles. The zero-order valence-corrected chi connectivity index (χ0v) is 10.5. The molecule has 1 aliphatic rings. The van der Waals surface area contributed by atoms with E-state index in [2.05, 4.69) is 28.1 Å². The van der Waals surface area contributed by atoms with Gasteiger partial charge in [-0.1, -0.05) is 19.3 Å². The van der Waals surface area contributed by atoms with Gasteiger partial charge in [-0.15, -0.1) is 0 Å². The molecule has 1 aromatic rings. The third kappa shape index (κ3) is 2.46.